The first-order valence-corrected chi connectivity index (χ1v) is 8.91. The van der Waals surface area contributed by atoms with E-state index in [-0.39, 0.29) is 0 Å². The van der Waals surface area contributed by atoms with Crippen LogP contribution in [0.5, 0.6) is 5.75 Å². The number of ether oxygens (including phenoxy) is 2. The van der Waals surface area contributed by atoms with Crippen LogP contribution in [0.25, 0.3) is 5.70 Å². The van der Waals surface area contributed by atoms with Crippen LogP contribution in [0, 0.1) is 0 Å². The van der Waals surface area contributed by atoms with E-state index < -0.39 is 23.8 Å². The van der Waals surface area contributed by atoms with E-state index in [1.807, 2.05) is 75.4 Å². The number of methoxy groups -OCH3 is 1. The van der Waals surface area contributed by atoms with Crippen molar-refractivity contribution in [3.8, 4) is 5.75 Å². The van der Waals surface area contributed by atoms with Gasteiger partial charge in [-0.3, -0.25) is 4.90 Å². The minimum Gasteiger partial charge on any atom is -0.497 e. The van der Waals surface area contributed by atoms with Crippen molar-refractivity contribution in [2.45, 2.75) is 38.5 Å². The van der Waals surface area contributed by atoms with Crippen LogP contribution in [-0.4, -0.2) is 34.9 Å². The standard InChI is InChI=1S/C22H25NO4/c1-22(2,3)27-21(25)23-18(16-11-8-12-17(13-16)26-4)14-19(24)20(23)15-9-6-5-7-10-15/h5-14,19-20,24H,1-4H3/t19-,20+/m1/s1. The predicted octanol–water partition coefficient (Wildman–Crippen LogP) is 4.39. The van der Waals surface area contributed by atoms with Gasteiger partial charge in [-0.25, -0.2) is 4.79 Å². The average Bonchev–Trinajstić information content (AvgIpc) is 2.98. The fourth-order valence-electron chi connectivity index (χ4n) is 3.17. The molecule has 1 amide bonds. The number of benzene rings is 2. The Morgan fingerprint density at radius 1 is 1.07 bits per heavy atom. The van der Waals surface area contributed by atoms with Crippen molar-refractivity contribution in [3.63, 3.8) is 0 Å². The van der Waals surface area contributed by atoms with Gasteiger partial charge in [0, 0.05) is 5.56 Å². The molecule has 0 fully saturated rings. The highest BCUT2D eigenvalue weighted by molar-refractivity contribution is 5.85. The van der Waals surface area contributed by atoms with Crippen molar-refractivity contribution < 1.29 is 19.4 Å². The summed E-state index contributed by atoms with van der Waals surface area (Å²) in [6.07, 6.45) is 0.346. The van der Waals surface area contributed by atoms with Crippen LogP contribution in [0.1, 0.15) is 37.9 Å². The summed E-state index contributed by atoms with van der Waals surface area (Å²) in [6.45, 7) is 5.47. The summed E-state index contributed by atoms with van der Waals surface area (Å²) in [5, 5.41) is 10.8. The van der Waals surface area contributed by atoms with Crippen LogP contribution in [0.15, 0.2) is 60.7 Å². The zero-order chi connectivity index (χ0) is 19.6. The van der Waals surface area contributed by atoms with Gasteiger partial charge in [0.15, 0.2) is 0 Å². The summed E-state index contributed by atoms with van der Waals surface area (Å²) < 4.78 is 10.9. The Kier molecular flexibility index (Phi) is 5.24. The van der Waals surface area contributed by atoms with Crippen molar-refractivity contribution in [1.82, 2.24) is 4.90 Å². The number of aliphatic hydroxyl groups excluding tert-OH is 1. The lowest BCUT2D eigenvalue weighted by molar-refractivity contribution is 0.0221. The second-order valence-corrected chi connectivity index (χ2v) is 7.48. The van der Waals surface area contributed by atoms with Gasteiger partial charge < -0.3 is 14.6 Å². The molecule has 0 spiro atoms. The zero-order valence-electron chi connectivity index (χ0n) is 16.0. The highest BCUT2D eigenvalue weighted by Gasteiger charge is 2.41. The number of aliphatic hydroxyl groups is 1. The summed E-state index contributed by atoms with van der Waals surface area (Å²) in [5.41, 5.74) is 1.57. The van der Waals surface area contributed by atoms with E-state index in [2.05, 4.69) is 0 Å². The lowest BCUT2D eigenvalue weighted by Gasteiger charge is -2.32. The van der Waals surface area contributed by atoms with E-state index in [9.17, 15) is 9.90 Å². The van der Waals surface area contributed by atoms with Gasteiger partial charge >= 0.3 is 6.09 Å². The molecule has 2 aromatic rings. The molecule has 0 aliphatic carbocycles. The summed E-state index contributed by atoms with van der Waals surface area (Å²) >= 11 is 0. The third-order valence-electron chi connectivity index (χ3n) is 4.29. The van der Waals surface area contributed by atoms with Crippen LogP contribution in [0.4, 0.5) is 4.79 Å². The monoisotopic (exact) mass is 367 g/mol. The maximum atomic E-state index is 13.0. The molecule has 2 aromatic carbocycles. The summed E-state index contributed by atoms with van der Waals surface area (Å²) in [5.74, 6) is 0.676. The number of carbonyl (C=O) groups is 1. The van der Waals surface area contributed by atoms with Gasteiger partial charge in [-0.15, -0.1) is 0 Å². The second kappa shape index (κ2) is 7.45. The number of nitrogens with zero attached hydrogens (tertiary/aromatic N) is 1. The first kappa shape index (κ1) is 19.0. The number of hydrogen-bond donors (Lipinski definition) is 1. The van der Waals surface area contributed by atoms with Crippen LogP contribution in [-0.2, 0) is 4.74 Å². The Labute approximate surface area is 159 Å². The minimum atomic E-state index is -0.846. The average molecular weight is 367 g/mol. The molecule has 0 saturated carbocycles. The molecule has 27 heavy (non-hydrogen) atoms. The molecule has 1 heterocycles. The van der Waals surface area contributed by atoms with E-state index in [0.717, 1.165) is 11.1 Å². The van der Waals surface area contributed by atoms with Gasteiger partial charge in [0.1, 0.15) is 11.4 Å². The highest BCUT2D eigenvalue weighted by atomic mass is 16.6. The van der Waals surface area contributed by atoms with Crippen molar-refractivity contribution in [2.75, 3.05) is 7.11 Å². The Balaban J connectivity index is 2.05. The Hall–Kier alpha value is -2.79. The minimum absolute atomic E-state index is 0.498. The molecule has 5 nitrogen and oxygen atoms in total. The Morgan fingerprint density at radius 3 is 2.41 bits per heavy atom. The molecule has 5 heteroatoms. The second-order valence-electron chi connectivity index (χ2n) is 7.48. The van der Waals surface area contributed by atoms with Crippen molar-refractivity contribution in [3.05, 3.63) is 71.8 Å². The highest BCUT2D eigenvalue weighted by Crippen LogP contribution is 2.41. The lowest BCUT2D eigenvalue weighted by atomic mass is 10.0. The van der Waals surface area contributed by atoms with Crippen LogP contribution in [0.2, 0.25) is 0 Å². The Bertz CT molecular complexity index is 839. The van der Waals surface area contributed by atoms with E-state index in [4.69, 9.17) is 9.47 Å². The topological polar surface area (TPSA) is 59.0 Å². The summed E-state index contributed by atoms with van der Waals surface area (Å²) in [6, 6.07) is 16.3. The quantitative estimate of drug-likeness (QED) is 0.874. The molecule has 1 aliphatic rings. The fraction of sp³-hybridized carbons (Fsp3) is 0.318. The fourth-order valence-corrected chi connectivity index (χ4v) is 3.17. The lowest BCUT2D eigenvalue weighted by Crippen LogP contribution is -2.38. The van der Waals surface area contributed by atoms with E-state index in [0.29, 0.717) is 11.4 Å². The predicted molar refractivity (Wildman–Crippen MR) is 104 cm³/mol. The number of rotatable bonds is 3. The van der Waals surface area contributed by atoms with Crippen molar-refractivity contribution in [1.29, 1.82) is 0 Å². The van der Waals surface area contributed by atoms with Crippen LogP contribution >= 0.6 is 0 Å². The maximum absolute atomic E-state index is 13.0. The smallest absolute Gasteiger partial charge is 0.415 e. The Morgan fingerprint density at radius 2 is 1.78 bits per heavy atom. The normalized spacial score (nSPS) is 19.6. The van der Waals surface area contributed by atoms with E-state index in [1.165, 1.54) is 4.90 Å². The summed E-state index contributed by atoms with van der Waals surface area (Å²) in [4.78, 5) is 14.6. The first-order chi connectivity index (χ1) is 12.8. The number of hydrogen-bond acceptors (Lipinski definition) is 4. The molecular formula is C22H25NO4. The molecule has 1 aliphatic heterocycles. The number of carbonyl (C=O) groups excluding carboxylic acids is 1. The van der Waals surface area contributed by atoms with Gasteiger partial charge in [0.05, 0.1) is 25.0 Å². The van der Waals surface area contributed by atoms with E-state index >= 15 is 0 Å². The molecule has 0 radical (unpaired) electrons. The van der Waals surface area contributed by atoms with E-state index in [1.54, 1.807) is 13.2 Å². The molecule has 0 aromatic heterocycles. The van der Waals surface area contributed by atoms with Gasteiger partial charge in [-0.1, -0.05) is 42.5 Å². The molecule has 0 saturated heterocycles. The van der Waals surface area contributed by atoms with Gasteiger partial charge in [-0.2, -0.15) is 0 Å². The zero-order valence-corrected chi connectivity index (χ0v) is 16.0. The van der Waals surface area contributed by atoms with Gasteiger partial charge in [0.2, 0.25) is 0 Å². The molecule has 3 rings (SSSR count). The first-order valence-electron chi connectivity index (χ1n) is 8.91. The van der Waals surface area contributed by atoms with Crippen LogP contribution in [0.3, 0.4) is 0 Å². The maximum Gasteiger partial charge on any atom is 0.415 e. The molecule has 1 N–H and O–H groups in total. The molecule has 0 unspecified atom stereocenters. The largest absolute Gasteiger partial charge is 0.497 e. The molecule has 0 bridgehead atoms. The third kappa shape index (κ3) is 4.14. The molecule has 142 valence electrons. The third-order valence-corrected chi connectivity index (χ3v) is 4.29. The number of amides is 1. The van der Waals surface area contributed by atoms with Crippen molar-refractivity contribution >= 4 is 11.8 Å². The van der Waals surface area contributed by atoms with Gasteiger partial charge in [-0.05, 0) is 44.5 Å². The molecular weight excluding hydrogens is 342 g/mol. The van der Waals surface area contributed by atoms with Crippen molar-refractivity contribution in [2.24, 2.45) is 0 Å². The molecule has 2 atom stereocenters. The SMILES string of the molecule is COc1cccc(C2=C[C@@H](O)[C@H](c3ccccc3)N2C(=O)OC(C)(C)C)c1. The summed E-state index contributed by atoms with van der Waals surface area (Å²) in [7, 11) is 1.59. The van der Waals surface area contributed by atoms with Gasteiger partial charge in [0.25, 0.3) is 0 Å². The van der Waals surface area contributed by atoms with Crippen LogP contribution < -0.4 is 4.74 Å².